The molecule has 3 N–H and O–H groups in total. The van der Waals surface area contributed by atoms with Gasteiger partial charge in [0.1, 0.15) is 0 Å². The van der Waals surface area contributed by atoms with Gasteiger partial charge in [-0.05, 0) is 57.0 Å². The Morgan fingerprint density at radius 3 is 2.42 bits per heavy atom. The first-order valence-electron chi connectivity index (χ1n) is 9.92. The first-order chi connectivity index (χ1) is 14.7. The summed E-state index contributed by atoms with van der Waals surface area (Å²) in [7, 11) is -3.65. The van der Waals surface area contributed by atoms with Crippen LogP contribution in [0.5, 0.6) is 0 Å². The number of rotatable bonds is 7. The highest BCUT2D eigenvalue weighted by Gasteiger charge is 2.17. The Morgan fingerprint density at radius 1 is 1.00 bits per heavy atom. The number of carbonyl (C=O) groups excluding carboxylic acids is 1. The molecule has 0 aliphatic heterocycles. The van der Waals surface area contributed by atoms with Crippen molar-refractivity contribution in [3.05, 3.63) is 71.0 Å². The maximum Gasteiger partial charge on any atom is 0.319 e. The van der Waals surface area contributed by atoms with Crippen molar-refractivity contribution in [1.29, 1.82) is 0 Å². The predicted molar refractivity (Wildman–Crippen MR) is 121 cm³/mol. The lowest BCUT2D eigenvalue weighted by Gasteiger charge is -2.11. The van der Waals surface area contributed by atoms with E-state index in [4.69, 9.17) is 0 Å². The molecule has 0 spiro atoms. The molecular weight excluding hydrogens is 414 g/mol. The number of nitrogens with one attached hydrogen (secondary N) is 3. The summed E-state index contributed by atoms with van der Waals surface area (Å²) in [6.45, 7) is 7.50. The molecule has 9 heteroatoms. The lowest BCUT2D eigenvalue weighted by Crippen LogP contribution is -2.37. The van der Waals surface area contributed by atoms with E-state index in [9.17, 15) is 13.2 Å². The number of urea groups is 1. The van der Waals surface area contributed by atoms with Gasteiger partial charge in [-0.1, -0.05) is 30.3 Å². The third kappa shape index (κ3) is 5.31. The summed E-state index contributed by atoms with van der Waals surface area (Å²) < 4.78 is 29.3. The van der Waals surface area contributed by atoms with Gasteiger partial charge < -0.3 is 10.6 Å². The summed E-state index contributed by atoms with van der Waals surface area (Å²) in [5.74, 6) is 0. The Bertz CT molecular complexity index is 1190. The average Bonchev–Trinajstić information content (AvgIpc) is 3.02. The van der Waals surface area contributed by atoms with Crippen LogP contribution in [-0.4, -0.2) is 37.3 Å². The Balaban J connectivity index is 1.57. The van der Waals surface area contributed by atoms with E-state index < -0.39 is 16.1 Å². The molecule has 0 aliphatic rings. The van der Waals surface area contributed by atoms with Crippen molar-refractivity contribution in [3.63, 3.8) is 0 Å². The van der Waals surface area contributed by atoms with Crippen molar-refractivity contribution < 1.29 is 13.2 Å². The highest BCUT2D eigenvalue weighted by molar-refractivity contribution is 7.89. The van der Waals surface area contributed by atoms with Crippen molar-refractivity contribution in [2.75, 3.05) is 18.4 Å². The monoisotopic (exact) mass is 441 g/mol. The molecule has 0 bridgehead atoms. The van der Waals surface area contributed by atoms with Gasteiger partial charge in [0, 0.05) is 13.1 Å². The van der Waals surface area contributed by atoms with Gasteiger partial charge in [0.15, 0.2) is 0 Å². The molecule has 3 aromatic rings. The molecule has 0 radical (unpaired) electrons. The number of anilines is 1. The number of aryl methyl sites for hydroxylation is 3. The Kier molecular flexibility index (Phi) is 6.77. The molecule has 0 saturated heterocycles. The number of amides is 2. The molecule has 164 valence electrons. The zero-order chi connectivity index (χ0) is 22.6. The molecule has 8 nitrogen and oxygen atoms in total. The Morgan fingerprint density at radius 2 is 1.71 bits per heavy atom. The van der Waals surface area contributed by atoms with Gasteiger partial charge in [-0.25, -0.2) is 22.6 Å². The maximum absolute atomic E-state index is 12.5. The molecule has 2 amide bonds. The van der Waals surface area contributed by atoms with Gasteiger partial charge in [-0.2, -0.15) is 5.10 Å². The summed E-state index contributed by atoms with van der Waals surface area (Å²) in [5, 5.41) is 9.97. The van der Waals surface area contributed by atoms with Crippen LogP contribution < -0.4 is 15.4 Å². The van der Waals surface area contributed by atoms with Crippen LogP contribution in [0.1, 0.15) is 22.5 Å². The van der Waals surface area contributed by atoms with E-state index >= 15 is 0 Å². The van der Waals surface area contributed by atoms with Crippen LogP contribution in [0.2, 0.25) is 0 Å². The number of benzene rings is 2. The van der Waals surface area contributed by atoms with Crippen LogP contribution in [0.15, 0.2) is 53.4 Å². The second kappa shape index (κ2) is 9.32. The number of sulfonamides is 1. The number of carbonyl (C=O) groups is 1. The number of hydrogen-bond acceptors (Lipinski definition) is 4. The van der Waals surface area contributed by atoms with Crippen LogP contribution in [-0.2, 0) is 10.0 Å². The third-order valence-corrected chi connectivity index (χ3v) is 6.47. The second-order valence-electron chi connectivity index (χ2n) is 7.34. The zero-order valence-corrected chi connectivity index (χ0v) is 18.9. The zero-order valence-electron chi connectivity index (χ0n) is 18.1. The van der Waals surface area contributed by atoms with Crippen molar-refractivity contribution >= 4 is 21.7 Å². The third-order valence-electron chi connectivity index (χ3n) is 4.87. The average molecular weight is 442 g/mol. The smallest absolute Gasteiger partial charge is 0.319 e. The lowest BCUT2D eigenvalue weighted by atomic mass is 10.2. The van der Waals surface area contributed by atoms with E-state index in [1.54, 1.807) is 23.7 Å². The van der Waals surface area contributed by atoms with Crippen LogP contribution in [0.3, 0.4) is 0 Å². The SMILES string of the molecule is Cc1ccc(C)c(S(=O)(=O)NCCNC(=O)Nc2c(C)nn(-c3ccccc3)c2C)c1. The minimum atomic E-state index is -3.65. The molecule has 0 atom stereocenters. The molecule has 0 saturated carbocycles. The number of para-hydroxylation sites is 1. The van der Waals surface area contributed by atoms with Crippen molar-refractivity contribution in [2.45, 2.75) is 32.6 Å². The molecule has 31 heavy (non-hydrogen) atoms. The fourth-order valence-corrected chi connectivity index (χ4v) is 4.60. The maximum atomic E-state index is 12.5. The minimum absolute atomic E-state index is 0.0738. The number of nitrogens with zero attached hydrogens (tertiary/aromatic N) is 2. The van der Waals surface area contributed by atoms with Crippen molar-refractivity contribution in [2.24, 2.45) is 0 Å². The first kappa shape index (κ1) is 22.5. The van der Waals surface area contributed by atoms with Gasteiger partial charge in [0.25, 0.3) is 0 Å². The van der Waals surface area contributed by atoms with Crippen LogP contribution in [0.4, 0.5) is 10.5 Å². The molecular formula is C22H27N5O3S. The molecule has 1 aromatic heterocycles. The van der Waals surface area contributed by atoms with Gasteiger partial charge >= 0.3 is 6.03 Å². The van der Waals surface area contributed by atoms with E-state index in [0.29, 0.717) is 16.9 Å². The predicted octanol–water partition coefficient (Wildman–Crippen LogP) is 3.21. The molecule has 0 fully saturated rings. The molecule has 2 aromatic carbocycles. The Hall–Kier alpha value is -3.17. The largest absolute Gasteiger partial charge is 0.337 e. The number of hydrogen-bond donors (Lipinski definition) is 3. The van der Waals surface area contributed by atoms with Gasteiger partial charge in [-0.15, -0.1) is 0 Å². The topological polar surface area (TPSA) is 105 Å². The highest BCUT2D eigenvalue weighted by atomic mass is 32.2. The minimum Gasteiger partial charge on any atom is -0.337 e. The summed E-state index contributed by atoms with van der Waals surface area (Å²) in [6, 6.07) is 14.5. The standard InChI is InChI=1S/C22H27N5O3S/c1-15-10-11-16(2)20(14-15)31(29,30)24-13-12-23-22(28)25-21-17(3)26-27(18(21)4)19-8-6-5-7-9-19/h5-11,14,24H,12-13H2,1-4H3,(H2,23,25,28). The molecule has 0 unspecified atom stereocenters. The van der Waals surface area contributed by atoms with Crippen LogP contribution in [0, 0.1) is 27.7 Å². The van der Waals surface area contributed by atoms with Gasteiger partial charge in [0.2, 0.25) is 10.0 Å². The summed E-state index contributed by atoms with van der Waals surface area (Å²) in [4.78, 5) is 12.6. The van der Waals surface area contributed by atoms with Gasteiger partial charge in [-0.3, -0.25) is 0 Å². The van der Waals surface area contributed by atoms with E-state index in [2.05, 4.69) is 20.5 Å². The van der Waals surface area contributed by atoms with Gasteiger partial charge in [0.05, 0.1) is 27.7 Å². The van der Waals surface area contributed by atoms with E-state index in [1.807, 2.05) is 57.2 Å². The van der Waals surface area contributed by atoms with E-state index in [0.717, 1.165) is 16.9 Å². The Labute approximate surface area is 182 Å². The van der Waals surface area contributed by atoms with E-state index in [1.165, 1.54) is 0 Å². The first-order valence-corrected chi connectivity index (χ1v) is 11.4. The van der Waals surface area contributed by atoms with Crippen LogP contribution in [0.25, 0.3) is 5.69 Å². The molecule has 1 heterocycles. The summed E-state index contributed by atoms with van der Waals surface area (Å²) >= 11 is 0. The van der Waals surface area contributed by atoms with Crippen molar-refractivity contribution in [3.8, 4) is 5.69 Å². The summed E-state index contributed by atoms with van der Waals surface area (Å²) in [5.41, 5.74) is 4.55. The van der Waals surface area contributed by atoms with E-state index in [-0.39, 0.29) is 18.0 Å². The molecule has 0 aliphatic carbocycles. The second-order valence-corrected chi connectivity index (χ2v) is 9.08. The fraction of sp³-hybridized carbons (Fsp3) is 0.273. The fourth-order valence-electron chi connectivity index (χ4n) is 3.24. The molecule has 3 rings (SSSR count). The summed E-state index contributed by atoms with van der Waals surface area (Å²) in [6.07, 6.45) is 0. The van der Waals surface area contributed by atoms with Crippen molar-refractivity contribution in [1.82, 2.24) is 19.8 Å². The van der Waals surface area contributed by atoms with Crippen LogP contribution >= 0.6 is 0 Å². The number of aromatic nitrogens is 2. The normalized spacial score (nSPS) is 11.4. The highest BCUT2D eigenvalue weighted by Crippen LogP contribution is 2.22. The lowest BCUT2D eigenvalue weighted by molar-refractivity contribution is 0.252. The quantitative estimate of drug-likeness (QED) is 0.490.